The molecule has 0 radical (unpaired) electrons. The van der Waals surface area contributed by atoms with E-state index < -0.39 is 11.9 Å². The summed E-state index contributed by atoms with van der Waals surface area (Å²) in [4.78, 5) is 37.7. The summed E-state index contributed by atoms with van der Waals surface area (Å²) < 4.78 is 12.3. The standard InChI is InChI=1S/C21H28N4O5S2/c1-6-29-19(27)15-12(5)16(20(28)30-7-2)32-18(15)22-14(26)10-31-21-24-23-17(13-8-9-13)25(21)11(3)4/h11,13H,6-10H2,1-5H3,(H,22,26). The molecule has 1 saturated carbocycles. The molecule has 0 aromatic carbocycles. The lowest BCUT2D eigenvalue weighted by Gasteiger charge is -2.13. The Morgan fingerprint density at radius 3 is 2.41 bits per heavy atom. The van der Waals surface area contributed by atoms with Gasteiger partial charge in [-0.25, -0.2) is 9.59 Å². The molecule has 0 spiro atoms. The van der Waals surface area contributed by atoms with E-state index in [4.69, 9.17) is 9.47 Å². The number of aromatic nitrogens is 3. The molecule has 2 aromatic rings. The number of hydrogen-bond donors (Lipinski definition) is 1. The van der Waals surface area contributed by atoms with E-state index in [1.165, 1.54) is 11.8 Å². The summed E-state index contributed by atoms with van der Waals surface area (Å²) in [5.41, 5.74) is 0.614. The van der Waals surface area contributed by atoms with Gasteiger partial charge in [0.15, 0.2) is 5.16 Å². The molecule has 3 rings (SSSR count). The van der Waals surface area contributed by atoms with Gasteiger partial charge in [-0.1, -0.05) is 11.8 Å². The second-order valence-corrected chi connectivity index (χ2v) is 9.58. The van der Waals surface area contributed by atoms with Crippen LogP contribution in [0, 0.1) is 6.92 Å². The van der Waals surface area contributed by atoms with Crippen LogP contribution in [0.4, 0.5) is 5.00 Å². The lowest BCUT2D eigenvalue weighted by molar-refractivity contribution is -0.113. The molecule has 0 unspecified atom stereocenters. The van der Waals surface area contributed by atoms with Gasteiger partial charge in [-0.15, -0.1) is 21.5 Å². The maximum atomic E-state index is 12.7. The monoisotopic (exact) mass is 480 g/mol. The topological polar surface area (TPSA) is 112 Å². The summed E-state index contributed by atoms with van der Waals surface area (Å²) in [6.07, 6.45) is 2.24. The molecule has 2 heterocycles. The zero-order valence-electron chi connectivity index (χ0n) is 18.9. The third-order valence-corrected chi connectivity index (χ3v) is 6.95. The largest absolute Gasteiger partial charge is 0.462 e. The number of esters is 2. The van der Waals surface area contributed by atoms with Crippen LogP contribution in [-0.2, 0) is 14.3 Å². The number of carbonyl (C=O) groups is 3. The highest BCUT2D eigenvalue weighted by Gasteiger charge is 2.31. The number of rotatable bonds is 10. The molecule has 0 atom stereocenters. The van der Waals surface area contributed by atoms with Crippen molar-refractivity contribution in [2.45, 2.75) is 64.6 Å². The quantitative estimate of drug-likeness (QED) is 0.398. The van der Waals surface area contributed by atoms with Gasteiger partial charge in [0.2, 0.25) is 5.91 Å². The van der Waals surface area contributed by atoms with E-state index in [0.29, 0.717) is 16.6 Å². The van der Waals surface area contributed by atoms with Crippen LogP contribution in [-0.4, -0.2) is 51.6 Å². The lowest BCUT2D eigenvalue weighted by atomic mass is 10.1. The summed E-state index contributed by atoms with van der Waals surface area (Å²) in [7, 11) is 0. The molecule has 1 fully saturated rings. The van der Waals surface area contributed by atoms with Gasteiger partial charge in [0.25, 0.3) is 0 Å². The Balaban J connectivity index is 1.76. The van der Waals surface area contributed by atoms with Gasteiger partial charge in [-0.05, 0) is 53.0 Å². The van der Waals surface area contributed by atoms with Gasteiger partial charge >= 0.3 is 11.9 Å². The second-order valence-electron chi connectivity index (χ2n) is 7.62. The van der Waals surface area contributed by atoms with Crippen molar-refractivity contribution in [3.05, 3.63) is 21.8 Å². The zero-order chi connectivity index (χ0) is 23.4. The number of nitrogens with one attached hydrogen (secondary N) is 1. The number of amides is 1. The molecule has 1 aliphatic rings. The summed E-state index contributed by atoms with van der Waals surface area (Å²) in [5, 5.41) is 12.3. The average Bonchev–Trinajstić information content (AvgIpc) is 3.40. The minimum absolute atomic E-state index is 0.0868. The van der Waals surface area contributed by atoms with E-state index in [2.05, 4.69) is 33.9 Å². The maximum Gasteiger partial charge on any atom is 0.348 e. The highest BCUT2D eigenvalue weighted by atomic mass is 32.2. The minimum atomic E-state index is -0.589. The number of carbonyl (C=O) groups excluding carboxylic acids is 3. The molecule has 1 amide bonds. The van der Waals surface area contributed by atoms with Crippen molar-refractivity contribution >= 4 is 45.9 Å². The van der Waals surface area contributed by atoms with E-state index in [1.807, 2.05) is 0 Å². The van der Waals surface area contributed by atoms with Crippen LogP contribution in [0.25, 0.3) is 0 Å². The van der Waals surface area contributed by atoms with Gasteiger partial charge in [-0.3, -0.25) is 4.79 Å². The number of thioether (sulfide) groups is 1. The minimum Gasteiger partial charge on any atom is -0.462 e. The highest BCUT2D eigenvalue weighted by molar-refractivity contribution is 7.99. The van der Waals surface area contributed by atoms with Crippen LogP contribution in [0.1, 0.15) is 83.9 Å². The van der Waals surface area contributed by atoms with Gasteiger partial charge in [0, 0.05) is 12.0 Å². The molecule has 1 N–H and O–H groups in total. The van der Waals surface area contributed by atoms with E-state index in [-0.39, 0.29) is 46.4 Å². The van der Waals surface area contributed by atoms with Crippen LogP contribution in [0.2, 0.25) is 0 Å². The first-order chi connectivity index (χ1) is 15.3. The number of nitrogens with zero attached hydrogens (tertiary/aromatic N) is 3. The van der Waals surface area contributed by atoms with Crippen molar-refractivity contribution in [1.29, 1.82) is 0 Å². The van der Waals surface area contributed by atoms with Crippen molar-refractivity contribution < 1.29 is 23.9 Å². The maximum absolute atomic E-state index is 12.7. The van der Waals surface area contributed by atoms with Crippen LogP contribution in [0.3, 0.4) is 0 Å². The first-order valence-corrected chi connectivity index (χ1v) is 12.4. The van der Waals surface area contributed by atoms with Crippen LogP contribution < -0.4 is 5.32 Å². The number of anilines is 1. The van der Waals surface area contributed by atoms with Crippen molar-refractivity contribution in [3.63, 3.8) is 0 Å². The molecule has 0 bridgehead atoms. The third-order valence-electron chi connectivity index (χ3n) is 4.82. The molecule has 2 aromatic heterocycles. The van der Waals surface area contributed by atoms with Crippen LogP contribution >= 0.6 is 23.1 Å². The smallest absolute Gasteiger partial charge is 0.348 e. The van der Waals surface area contributed by atoms with E-state index in [0.717, 1.165) is 30.0 Å². The molecular formula is C21H28N4O5S2. The summed E-state index contributed by atoms with van der Waals surface area (Å²) in [6.45, 7) is 9.57. The average molecular weight is 481 g/mol. The third kappa shape index (κ3) is 5.32. The van der Waals surface area contributed by atoms with Crippen molar-refractivity contribution in [1.82, 2.24) is 14.8 Å². The highest BCUT2D eigenvalue weighted by Crippen LogP contribution is 2.41. The SMILES string of the molecule is CCOC(=O)c1sc(NC(=O)CSc2nnc(C3CC3)n2C(C)C)c(C(=O)OCC)c1C. The first kappa shape index (κ1) is 24.2. The molecule has 32 heavy (non-hydrogen) atoms. The fourth-order valence-electron chi connectivity index (χ4n) is 3.23. The molecule has 11 heteroatoms. The van der Waals surface area contributed by atoms with Crippen molar-refractivity contribution in [3.8, 4) is 0 Å². The van der Waals surface area contributed by atoms with Crippen LogP contribution in [0.15, 0.2) is 5.16 Å². The van der Waals surface area contributed by atoms with E-state index in [9.17, 15) is 14.4 Å². The van der Waals surface area contributed by atoms with Gasteiger partial charge < -0.3 is 19.4 Å². The normalized spacial score (nSPS) is 13.3. The van der Waals surface area contributed by atoms with Crippen LogP contribution in [0.5, 0.6) is 0 Å². The molecule has 1 aliphatic carbocycles. The Morgan fingerprint density at radius 2 is 1.81 bits per heavy atom. The van der Waals surface area contributed by atoms with E-state index >= 15 is 0 Å². The Labute approximate surface area is 195 Å². The Morgan fingerprint density at radius 1 is 1.16 bits per heavy atom. The van der Waals surface area contributed by atoms with E-state index in [1.54, 1.807) is 20.8 Å². The fourth-order valence-corrected chi connectivity index (χ4v) is 5.21. The summed E-state index contributed by atoms with van der Waals surface area (Å²) in [6, 6.07) is 0.189. The second kappa shape index (κ2) is 10.5. The zero-order valence-corrected chi connectivity index (χ0v) is 20.5. The van der Waals surface area contributed by atoms with Crippen molar-refractivity contribution in [2.75, 3.05) is 24.3 Å². The van der Waals surface area contributed by atoms with Gasteiger partial charge in [0.05, 0.1) is 24.5 Å². The Hall–Kier alpha value is -2.40. The molecule has 174 valence electrons. The molecular weight excluding hydrogens is 452 g/mol. The Kier molecular flexibility index (Phi) is 7.94. The van der Waals surface area contributed by atoms with Gasteiger partial charge in [0.1, 0.15) is 15.7 Å². The molecule has 9 nitrogen and oxygen atoms in total. The lowest BCUT2D eigenvalue weighted by Crippen LogP contribution is -2.17. The van der Waals surface area contributed by atoms with Crippen molar-refractivity contribution in [2.24, 2.45) is 0 Å². The number of thiophene rings is 1. The predicted octanol–water partition coefficient (Wildman–Crippen LogP) is 4.19. The summed E-state index contributed by atoms with van der Waals surface area (Å²) in [5.74, 6) is 0.0738. The molecule has 0 aliphatic heterocycles. The molecule has 0 saturated heterocycles. The number of ether oxygens (including phenoxy) is 2. The predicted molar refractivity (Wildman–Crippen MR) is 123 cm³/mol. The summed E-state index contributed by atoms with van der Waals surface area (Å²) >= 11 is 2.31. The first-order valence-electron chi connectivity index (χ1n) is 10.6. The Bertz CT molecular complexity index is 1010. The van der Waals surface area contributed by atoms with Gasteiger partial charge in [-0.2, -0.15) is 0 Å². The number of hydrogen-bond acceptors (Lipinski definition) is 9. The fraction of sp³-hybridized carbons (Fsp3) is 0.571.